The van der Waals surface area contributed by atoms with Crippen LogP contribution in [0.4, 0.5) is 18.9 Å². The minimum atomic E-state index is -1.28. The molecular formula is C13H6BrClF3NO. The van der Waals surface area contributed by atoms with Crippen molar-refractivity contribution in [2.75, 3.05) is 5.32 Å². The minimum Gasteiger partial charge on any atom is -0.321 e. The molecule has 20 heavy (non-hydrogen) atoms. The van der Waals surface area contributed by atoms with Crippen LogP contribution in [0.1, 0.15) is 10.4 Å². The molecule has 104 valence electrons. The number of carbonyl (C=O) groups is 1. The second kappa shape index (κ2) is 5.85. The monoisotopic (exact) mass is 363 g/mol. The fraction of sp³-hybridized carbons (Fsp3) is 0. The SMILES string of the molecule is O=C(Nc1cc(Cl)ccc1Br)c1c(F)cc(F)cc1F. The Kier molecular flexibility index (Phi) is 4.35. The lowest BCUT2D eigenvalue weighted by molar-refractivity contribution is 0.101. The summed E-state index contributed by atoms with van der Waals surface area (Å²) in [5.74, 6) is -4.69. The highest BCUT2D eigenvalue weighted by atomic mass is 79.9. The maximum atomic E-state index is 13.5. The maximum absolute atomic E-state index is 13.5. The van der Waals surface area contributed by atoms with Crippen LogP contribution < -0.4 is 5.32 Å². The van der Waals surface area contributed by atoms with E-state index >= 15 is 0 Å². The summed E-state index contributed by atoms with van der Waals surface area (Å²) < 4.78 is 40.2. The molecule has 0 heterocycles. The number of rotatable bonds is 2. The number of carbonyl (C=O) groups excluding carboxylic acids is 1. The Labute approximate surface area is 125 Å². The second-order valence-electron chi connectivity index (χ2n) is 3.82. The summed E-state index contributed by atoms with van der Waals surface area (Å²) in [5.41, 5.74) is -0.621. The van der Waals surface area contributed by atoms with E-state index in [9.17, 15) is 18.0 Å². The summed E-state index contributed by atoms with van der Waals surface area (Å²) in [5, 5.41) is 2.63. The molecule has 2 aromatic rings. The molecule has 0 spiro atoms. The summed E-state index contributed by atoms with van der Waals surface area (Å²) in [4.78, 5) is 11.9. The summed E-state index contributed by atoms with van der Waals surface area (Å²) >= 11 is 8.92. The van der Waals surface area contributed by atoms with Gasteiger partial charge in [0.15, 0.2) is 0 Å². The van der Waals surface area contributed by atoms with Crippen molar-refractivity contribution < 1.29 is 18.0 Å². The van der Waals surface area contributed by atoms with Gasteiger partial charge in [-0.25, -0.2) is 13.2 Å². The highest BCUT2D eigenvalue weighted by molar-refractivity contribution is 9.10. The van der Waals surface area contributed by atoms with Crippen LogP contribution in [0, 0.1) is 17.5 Å². The summed E-state index contributed by atoms with van der Waals surface area (Å²) in [7, 11) is 0. The van der Waals surface area contributed by atoms with Crippen LogP contribution in [-0.2, 0) is 0 Å². The molecule has 0 aromatic heterocycles. The third-order valence-electron chi connectivity index (χ3n) is 2.41. The van der Waals surface area contributed by atoms with Crippen molar-refractivity contribution in [3.8, 4) is 0 Å². The molecule has 1 N–H and O–H groups in total. The number of halogens is 5. The normalized spacial score (nSPS) is 10.4. The van der Waals surface area contributed by atoms with Crippen LogP contribution >= 0.6 is 27.5 Å². The fourth-order valence-corrected chi connectivity index (χ4v) is 2.06. The molecule has 2 aromatic carbocycles. The third-order valence-corrected chi connectivity index (χ3v) is 3.34. The number of nitrogens with one attached hydrogen (secondary N) is 1. The first-order valence-electron chi connectivity index (χ1n) is 5.29. The van der Waals surface area contributed by atoms with Crippen LogP contribution in [0.15, 0.2) is 34.8 Å². The summed E-state index contributed by atoms with van der Waals surface area (Å²) in [6.07, 6.45) is 0. The Morgan fingerprint density at radius 2 is 1.70 bits per heavy atom. The van der Waals surface area contributed by atoms with E-state index in [4.69, 9.17) is 11.6 Å². The van der Waals surface area contributed by atoms with Gasteiger partial charge in [0.05, 0.1) is 5.69 Å². The molecule has 0 saturated carbocycles. The van der Waals surface area contributed by atoms with E-state index in [1.54, 1.807) is 12.1 Å². The number of amides is 1. The van der Waals surface area contributed by atoms with E-state index in [1.165, 1.54) is 6.07 Å². The largest absolute Gasteiger partial charge is 0.321 e. The molecule has 0 aliphatic rings. The Morgan fingerprint density at radius 3 is 2.30 bits per heavy atom. The molecule has 0 fully saturated rings. The molecule has 0 radical (unpaired) electrons. The van der Waals surface area contributed by atoms with Crippen LogP contribution in [0.3, 0.4) is 0 Å². The van der Waals surface area contributed by atoms with Crippen molar-refractivity contribution in [1.29, 1.82) is 0 Å². The van der Waals surface area contributed by atoms with E-state index in [2.05, 4.69) is 21.2 Å². The molecular weight excluding hydrogens is 359 g/mol. The first-order chi connectivity index (χ1) is 9.38. The molecule has 0 saturated heterocycles. The zero-order chi connectivity index (χ0) is 14.9. The molecule has 7 heteroatoms. The zero-order valence-electron chi connectivity index (χ0n) is 9.68. The van der Waals surface area contributed by atoms with E-state index in [0.717, 1.165) is 0 Å². The van der Waals surface area contributed by atoms with Gasteiger partial charge in [0.2, 0.25) is 0 Å². The van der Waals surface area contributed by atoms with Gasteiger partial charge in [-0.1, -0.05) is 11.6 Å². The minimum absolute atomic E-state index is 0.241. The Hall–Kier alpha value is -1.53. The topological polar surface area (TPSA) is 29.1 Å². The highest BCUT2D eigenvalue weighted by Crippen LogP contribution is 2.27. The molecule has 0 aliphatic carbocycles. The Bertz CT molecular complexity index is 670. The summed E-state index contributed by atoms with van der Waals surface area (Å²) in [6, 6.07) is 5.41. The van der Waals surface area contributed by atoms with Crippen molar-refractivity contribution in [3.63, 3.8) is 0 Å². The van der Waals surface area contributed by atoms with E-state index in [-0.39, 0.29) is 5.69 Å². The van der Waals surface area contributed by atoms with Gasteiger partial charge in [-0.3, -0.25) is 4.79 Å². The van der Waals surface area contributed by atoms with Crippen LogP contribution in [0.25, 0.3) is 0 Å². The van der Waals surface area contributed by atoms with Crippen molar-refractivity contribution in [3.05, 3.63) is 62.8 Å². The van der Waals surface area contributed by atoms with E-state index in [0.29, 0.717) is 21.6 Å². The quantitative estimate of drug-likeness (QED) is 0.817. The third kappa shape index (κ3) is 3.13. The van der Waals surface area contributed by atoms with Gasteiger partial charge < -0.3 is 5.32 Å². The smallest absolute Gasteiger partial charge is 0.261 e. The van der Waals surface area contributed by atoms with Gasteiger partial charge in [0.1, 0.15) is 23.0 Å². The van der Waals surface area contributed by atoms with Gasteiger partial charge in [-0.2, -0.15) is 0 Å². The van der Waals surface area contributed by atoms with Gasteiger partial charge in [0, 0.05) is 21.6 Å². The lowest BCUT2D eigenvalue weighted by atomic mass is 10.1. The number of benzene rings is 2. The number of hydrogen-bond donors (Lipinski definition) is 1. The van der Waals surface area contributed by atoms with Crippen LogP contribution in [-0.4, -0.2) is 5.91 Å². The van der Waals surface area contributed by atoms with Gasteiger partial charge >= 0.3 is 0 Å². The molecule has 0 unspecified atom stereocenters. The van der Waals surface area contributed by atoms with Crippen LogP contribution in [0.5, 0.6) is 0 Å². The molecule has 2 nitrogen and oxygen atoms in total. The summed E-state index contributed by atoms with van der Waals surface area (Å²) in [6.45, 7) is 0. The van der Waals surface area contributed by atoms with Crippen molar-refractivity contribution in [2.24, 2.45) is 0 Å². The van der Waals surface area contributed by atoms with Crippen LogP contribution in [0.2, 0.25) is 5.02 Å². The average molecular weight is 365 g/mol. The predicted octanol–water partition coefficient (Wildman–Crippen LogP) is 4.77. The van der Waals surface area contributed by atoms with E-state index < -0.39 is 28.9 Å². The van der Waals surface area contributed by atoms with Crippen molar-refractivity contribution in [1.82, 2.24) is 0 Å². The zero-order valence-corrected chi connectivity index (χ0v) is 12.0. The molecule has 2 rings (SSSR count). The second-order valence-corrected chi connectivity index (χ2v) is 5.11. The van der Waals surface area contributed by atoms with Crippen molar-refractivity contribution in [2.45, 2.75) is 0 Å². The lowest BCUT2D eigenvalue weighted by Gasteiger charge is -2.09. The molecule has 1 amide bonds. The standard InChI is InChI=1S/C13H6BrClF3NO/c14-8-2-1-6(15)3-11(8)19-13(20)12-9(17)4-7(16)5-10(12)18/h1-5H,(H,19,20). The first kappa shape index (κ1) is 14.9. The van der Waals surface area contributed by atoms with Gasteiger partial charge in [-0.15, -0.1) is 0 Å². The number of anilines is 1. The molecule has 0 atom stereocenters. The Morgan fingerprint density at radius 1 is 1.10 bits per heavy atom. The maximum Gasteiger partial charge on any atom is 0.261 e. The fourth-order valence-electron chi connectivity index (χ4n) is 1.54. The lowest BCUT2D eigenvalue weighted by Crippen LogP contribution is -2.16. The molecule has 0 aliphatic heterocycles. The predicted molar refractivity (Wildman–Crippen MR) is 73.4 cm³/mol. The van der Waals surface area contributed by atoms with E-state index in [1.807, 2.05) is 0 Å². The van der Waals surface area contributed by atoms with Crippen molar-refractivity contribution >= 4 is 39.1 Å². The highest BCUT2D eigenvalue weighted by Gasteiger charge is 2.19. The van der Waals surface area contributed by atoms with Gasteiger partial charge in [0.25, 0.3) is 5.91 Å². The van der Waals surface area contributed by atoms with Gasteiger partial charge in [-0.05, 0) is 34.1 Å². The molecule has 0 bridgehead atoms. The Balaban J connectivity index is 2.36. The number of hydrogen-bond acceptors (Lipinski definition) is 1. The first-order valence-corrected chi connectivity index (χ1v) is 6.46. The average Bonchev–Trinajstić information content (AvgIpc) is 2.32.